The number of hydrogen-bond donors (Lipinski definition) is 0. The normalized spacial score (nSPS) is 11.8. The molecule has 0 fully saturated rings. The summed E-state index contributed by atoms with van der Waals surface area (Å²) in [6.45, 7) is 5.57. The van der Waals surface area contributed by atoms with Gasteiger partial charge in [-0.25, -0.2) is 0 Å². The first kappa shape index (κ1) is 14.2. The minimum absolute atomic E-state index is 1.13. The Bertz CT molecular complexity index is 738. The van der Waals surface area contributed by atoms with E-state index in [4.69, 9.17) is 0 Å². The lowest BCUT2D eigenvalue weighted by molar-refractivity contribution is 0.602. The largest absolute Gasteiger partial charge is 0.340 e. The van der Waals surface area contributed by atoms with E-state index in [1.807, 2.05) is 11.3 Å². The fourth-order valence-electron chi connectivity index (χ4n) is 2.88. The van der Waals surface area contributed by atoms with Crippen molar-refractivity contribution < 1.29 is 0 Å². The van der Waals surface area contributed by atoms with Gasteiger partial charge in [-0.05, 0) is 47.5 Å². The lowest BCUT2D eigenvalue weighted by Crippen LogP contribution is -1.97. The molecule has 0 N–H and O–H groups in total. The van der Waals surface area contributed by atoms with Crippen LogP contribution in [0.25, 0.3) is 21.1 Å². The summed E-state index contributed by atoms with van der Waals surface area (Å²) in [4.78, 5) is 0. The van der Waals surface area contributed by atoms with Gasteiger partial charge >= 0.3 is 0 Å². The second kappa shape index (κ2) is 5.90. The molecule has 0 aliphatic carbocycles. The van der Waals surface area contributed by atoms with Crippen LogP contribution in [-0.2, 0) is 6.54 Å². The third-order valence-corrected chi connectivity index (χ3v) is 5.56. The van der Waals surface area contributed by atoms with Crippen LogP contribution in [0.3, 0.4) is 0 Å². The Morgan fingerprint density at radius 2 is 1.95 bits per heavy atom. The van der Waals surface area contributed by atoms with Crippen LogP contribution in [-0.4, -0.2) is 4.57 Å². The van der Waals surface area contributed by atoms with Crippen LogP contribution >= 0.6 is 27.3 Å². The van der Waals surface area contributed by atoms with Gasteiger partial charge in [0.2, 0.25) is 0 Å². The number of fused-ring (bicyclic) bond motifs is 3. The smallest absolute Gasteiger partial charge is 0.0726 e. The Morgan fingerprint density at radius 1 is 1.10 bits per heavy atom. The third-order valence-electron chi connectivity index (χ3n) is 3.90. The van der Waals surface area contributed by atoms with Crippen LogP contribution in [0, 0.1) is 6.92 Å². The van der Waals surface area contributed by atoms with Gasteiger partial charge in [0, 0.05) is 17.4 Å². The number of aromatic nitrogens is 1. The molecule has 0 saturated heterocycles. The van der Waals surface area contributed by atoms with Gasteiger partial charge in [0.25, 0.3) is 0 Å². The zero-order valence-electron chi connectivity index (χ0n) is 12.1. The standard InChI is InChI=1S/C17H20BrNS/c1-3-4-5-6-9-19-14-8-7-12(2)10-13(14)17-15(19)11-16(18)20-17/h7-8,10-11H,3-6,9H2,1-2H3. The fraction of sp³-hybridized carbons (Fsp3) is 0.412. The first-order chi connectivity index (χ1) is 9.70. The van der Waals surface area contributed by atoms with Crippen molar-refractivity contribution in [2.75, 3.05) is 0 Å². The molecule has 0 radical (unpaired) electrons. The summed E-state index contributed by atoms with van der Waals surface area (Å²) >= 11 is 5.49. The maximum absolute atomic E-state index is 3.64. The predicted octanol–water partition coefficient (Wildman–Crippen LogP) is 6.51. The molecule has 3 heteroatoms. The van der Waals surface area contributed by atoms with E-state index in [0.717, 1.165) is 6.54 Å². The predicted molar refractivity (Wildman–Crippen MR) is 93.9 cm³/mol. The average molecular weight is 350 g/mol. The number of benzene rings is 1. The molecule has 0 atom stereocenters. The molecule has 0 aliphatic rings. The van der Waals surface area contributed by atoms with E-state index in [0.29, 0.717) is 0 Å². The van der Waals surface area contributed by atoms with Crippen molar-refractivity contribution in [3.63, 3.8) is 0 Å². The molecule has 1 nitrogen and oxygen atoms in total. The lowest BCUT2D eigenvalue weighted by Gasteiger charge is -2.06. The van der Waals surface area contributed by atoms with Crippen molar-refractivity contribution in [1.82, 2.24) is 4.57 Å². The lowest BCUT2D eigenvalue weighted by atomic mass is 10.2. The Hall–Kier alpha value is -0.800. The van der Waals surface area contributed by atoms with E-state index in [1.54, 1.807) is 0 Å². The van der Waals surface area contributed by atoms with Crippen molar-refractivity contribution >= 4 is 48.4 Å². The van der Waals surface area contributed by atoms with Gasteiger partial charge in [-0.3, -0.25) is 0 Å². The maximum atomic E-state index is 3.64. The SMILES string of the molecule is CCCCCCn1c2ccc(C)cc2c2sc(Br)cc21. The molecule has 2 heterocycles. The number of nitrogens with zero attached hydrogens (tertiary/aromatic N) is 1. The van der Waals surface area contributed by atoms with Gasteiger partial charge < -0.3 is 4.57 Å². The number of thiophene rings is 1. The summed E-state index contributed by atoms with van der Waals surface area (Å²) in [5.41, 5.74) is 4.12. The molecular weight excluding hydrogens is 330 g/mol. The van der Waals surface area contributed by atoms with Crippen LogP contribution in [0.5, 0.6) is 0 Å². The molecule has 3 aromatic rings. The van der Waals surface area contributed by atoms with E-state index in [9.17, 15) is 0 Å². The number of unbranched alkanes of at least 4 members (excludes halogenated alkanes) is 3. The highest BCUT2D eigenvalue weighted by Gasteiger charge is 2.13. The van der Waals surface area contributed by atoms with Gasteiger partial charge in [-0.1, -0.05) is 37.8 Å². The number of rotatable bonds is 5. The summed E-state index contributed by atoms with van der Waals surface area (Å²) in [6, 6.07) is 9.10. The minimum Gasteiger partial charge on any atom is -0.340 e. The number of hydrogen-bond acceptors (Lipinski definition) is 1. The van der Waals surface area contributed by atoms with E-state index >= 15 is 0 Å². The monoisotopic (exact) mass is 349 g/mol. The highest BCUT2D eigenvalue weighted by Crippen LogP contribution is 2.38. The van der Waals surface area contributed by atoms with Crippen molar-refractivity contribution in [2.24, 2.45) is 0 Å². The molecule has 20 heavy (non-hydrogen) atoms. The van der Waals surface area contributed by atoms with E-state index in [2.05, 4.69) is 58.6 Å². The van der Waals surface area contributed by atoms with Gasteiger partial charge in [-0.2, -0.15) is 0 Å². The Labute approximate surface area is 132 Å². The van der Waals surface area contributed by atoms with Crippen molar-refractivity contribution in [2.45, 2.75) is 46.1 Å². The van der Waals surface area contributed by atoms with Gasteiger partial charge in [-0.15, -0.1) is 11.3 Å². The summed E-state index contributed by atoms with van der Waals surface area (Å²) in [7, 11) is 0. The highest BCUT2D eigenvalue weighted by atomic mass is 79.9. The fourth-order valence-corrected chi connectivity index (χ4v) is 4.50. The van der Waals surface area contributed by atoms with Crippen molar-refractivity contribution in [1.29, 1.82) is 0 Å². The highest BCUT2D eigenvalue weighted by molar-refractivity contribution is 9.11. The van der Waals surface area contributed by atoms with Gasteiger partial charge in [0.05, 0.1) is 14.0 Å². The second-order valence-corrected chi connectivity index (χ2v) is 7.93. The molecule has 0 aliphatic heterocycles. The summed E-state index contributed by atoms with van der Waals surface area (Å²) < 4.78 is 5.15. The Kier molecular flexibility index (Phi) is 4.18. The summed E-state index contributed by atoms with van der Waals surface area (Å²) in [5.74, 6) is 0. The molecular formula is C17H20BrNS. The molecule has 0 spiro atoms. The molecule has 0 bridgehead atoms. The van der Waals surface area contributed by atoms with Crippen molar-refractivity contribution in [3.8, 4) is 0 Å². The quantitative estimate of drug-likeness (QED) is 0.462. The zero-order valence-corrected chi connectivity index (χ0v) is 14.5. The van der Waals surface area contributed by atoms with Crippen LogP contribution in [0.15, 0.2) is 28.1 Å². The average Bonchev–Trinajstić information content (AvgIpc) is 2.92. The Balaban J connectivity index is 2.06. The van der Waals surface area contributed by atoms with Gasteiger partial charge in [0.15, 0.2) is 0 Å². The molecule has 3 rings (SSSR count). The van der Waals surface area contributed by atoms with E-state index in [1.165, 1.54) is 56.2 Å². The topological polar surface area (TPSA) is 4.93 Å². The van der Waals surface area contributed by atoms with E-state index < -0.39 is 0 Å². The van der Waals surface area contributed by atoms with Crippen LogP contribution in [0.4, 0.5) is 0 Å². The second-order valence-electron chi connectivity index (χ2n) is 5.50. The third kappa shape index (κ3) is 2.53. The number of aryl methyl sites for hydroxylation is 2. The minimum atomic E-state index is 1.13. The van der Waals surface area contributed by atoms with Crippen LogP contribution in [0.2, 0.25) is 0 Å². The van der Waals surface area contributed by atoms with Crippen LogP contribution < -0.4 is 0 Å². The van der Waals surface area contributed by atoms with E-state index in [-0.39, 0.29) is 0 Å². The van der Waals surface area contributed by atoms with Crippen molar-refractivity contribution in [3.05, 3.63) is 33.6 Å². The van der Waals surface area contributed by atoms with Crippen LogP contribution in [0.1, 0.15) is 38.2 Å². The first-order valence-corrected chi connectivity index (χ1v) is 8.99. The molecule has 1 aromatic carbocycles. The molecule has 0 saturated carbocycles. The first-order valence-electron chi connectivity index (χ1n) is 7.38. The van der Waals surface area contributed by atoms with Gasteiger partial charge in [0.1, 0.15) is 0 Å². The zero-order chi connectivity index (χ0) is 14.1. The maximum Gasteiger partial charge on any atom is 0.0726 e. The number of halogens is 1. The molecule has 2 aromatic heterocycles. The summed E-state index contributed by atoms with van der Waals surface area (Å²) in [5, 5.41) is 1.41. The molecule has 106 valence electrons. The molecule has 0 amide bonds. The summed E-state index contributed by atoms with van der Waals surface area (Å²) in [6.07, 6.45) is 5.24. The molecule has 0 unspecified atom stereocenters. The Morgan fingerprint density at radius 3 is 2.75 bits per heavy atom.